The Bertz CT molecular complexity index is 996. The van der Waals surface area contributed by atoms with Gasteiger partial charge in [-0.15, -0.1) is 0 Å². The molecule has 1 atom stereocenters. The van der Waals surface area contributed by atoms with Crippen molar-refractivity contribution in [3.63, 3.8) is 0 Å². The minimum atomic E-state index is -0.943. The molecule has 1 amide bonds. The SMILES string of the molecule is Cc1ccc(NC(=O)[C@@H](C)OC(=O)c2ccccc2NCc2ccco2)c(C)c1. The second kappa shape index (κ2) is 9.10. The summed E-state index contributed by atoms with van der Waals surface area (Å²) in [6, 6.07) is 16.4. The van der Waals surface area contributed by atoms with E-state index in [4.69, 9.17) is 9.15 Å². The molecule has 0 fully saturated rings. The number of benzene rings is 2. The minimum Gasteiger partial charge on any atom is -0.467 e. The maximum absolute atomic E-state index is 12.6. The maximum Gasteiger partial charge on any atom is 0.341 e. The average Bonchev–Trinajstić information content (AvgIpc) is 3.22. The van der Waals surface area contributed by atoms with Crippen molar-refractivity contribution in [3.8, 4) is 0 Å². The van der Waals surface area contributed by atoms with Crippen molar-refractivity contribution in [1.82, 2.24) is 0 Å². The van der Waals surface area contributed by atoms with Crippen molar-refractivity contribution in [1.29, 1.82) is 0 Å². The summed E-state index contributed by atoms with van der Waals surface area (Å²) in [5.41, 5.74) is 3.72. The molecule has 6 heteroatoms. The number of amides is 1. The van der Waals surface area contributed by atoms with Crippen LogP contribution in [0.1, 0.15) is 34.2 Å². The van der Waals surface area contributed by atoms with Gasteiger partial charge in [-0.3, -0.25) is 4.79 Å². The molecule has 3 rings (SSSR count). The van der Waals surface area contributed by atoms with E-state index in [1.807, 2.05) is 44.2 Å². The first-order valence-corrected chi connectivity index (χ1v) is 9.38. The molecule has 2 N–H and O–H groups in total. The van der Waals surface area contributed by atoms with E-state index in [0.717, 1.165) is 16.9 Å². The predicted octanol–water partition coefficient (Wildman–Crippen LogP) is 4.69. The second-order valence-corrected chi connectivity index (χ2v) is 6.83. The number of anilines is 2. The number of nitrogens with one attached hydrogen (secondary N) is 2. The number of rotatable bonds is 7. The van der Waals surface area contributed by atoms with Crippen molar-refractivity contribution in [2.45, 2.75) is 33.4 Å². The Labute approximate surface area is 169 Å². The van der Waals surface area contributed by atoms with Crippen LogP contribution in [-0.2, 0) is 16.1 Å². The Kier molecular flexibility index (Phi) is 6.34. The van der Waals surface area contributed by atoms with Gasteiger partial charge >= 0.3 is 5.97 Å². The van der Waals surface area contributed by atoms with Gasteiger partial charge in [0.25, 0.3) is 5.91 Å². The van der Waals surface area contributed by atoms with Crippen LogP contribution in [0, 0.1) is 13.8 Å². The fraction of sp³-hybridized carbons (Fsp3) is 0.217. The van der Waals surface area contributed by atoms with E-state index in [1.165, 1.54) is 0 Å². The lowest BCUT2D eigenvalue weighted by molar-refractivity contribution is -0.123. The van der Waals surface area contributed by atoms with Gasteiger partial charge in [0.15, 0.2) is 6.10 Å². The molecule has 0 bridgehead atoms. The van der Waals surface area contributed by atoms with Crippen LogP contribution in [0.3, 0.4) is 0 Å². The summed E-state index contributed by atoms with van der Waals surface area (Å²) in [6.07, 6.45) is 0.647. The van der Waals surface area contributed by atoms with Crippen molar-refractivity contribution in [2.24, 2.45) is 0 Å². The Morgan fingerprint density at radius 1 is 1.03 bits per heavy atom. The molecule has 0 aliphatic rings. The zero-order valence-electron chi connectivity index (χ0n) is 16.7. The van der Waals surface area contributed by atoms with Crippen molar-refractivity contribution >= 4 is 23.3 Å². The van der Waals surface area contributed by atoms with Gasteiger partial charge in [-0.25, -0.2) is 4.79 Å². The first-order chi connectivity index (χ1) is 13.9. The van der Waals surface area contributed by atoms with Crippen molar-refractivity contribution in [3.05, 3.63) is 83.3 Å². The van der Waals surface area contributed by atoms with Crippen LogP contribution in [0.5, 0.6) is 0 Å². The Balaban J connectivity index is 1.63. The van der Waals surface area contributed by atoms with E-state index in [-0.39, 0.29) is 5.91 Å². The van der Waals surface area contributed by atoms with E-state index in [0.29, 0.717) is 23.5 Å². The highest BCUT2D eigenvalue weighted by atomic mass is 16.5. The van der Waals surface area contributed by atoms with Crippen molar-refractivity contribution in [2.75, 3.05) is 10.6 Å². The molecule has 1 aromatic heterocycles. The lowest BCUT2D eigenvalue weighted by Crippen LogP contribution is -2.30. The molecule has 0 saturated heterocycles. The molecular weight excluding hydrogens is 368 g/mol. The fourth-order valence-corrected chi connectivity index (χ4v) is 2.88. The number of carbonyl (C=O) groups excluding carboxylic acids is 2. The van der Waals surface area contributed by atoms with E-state index in [2.05, 4.69) is 10.6 Å². The molecule has 150 valence electrons. The maximum atomic E-state index is 12.6. The monoisotopic (exact) mass is 392 g/mol. The van der Waals surface area contributed by atoms with Crippen molar-refractivity contribution < 1.29 is 18.7 Å². The summed E-state index contributed by atoms with van der Waals surface area (Å²) in [7, 11) is 0. The van der Waals surface area contributed by atoms with Gasteiger partial charge in [0.05, 0.1) is 18.4 Å². The first-order valence-electron chi connectivity index (χ1n) is 9.38. The van der Waals surface area contributed by atoms with Gasteiger partial charge in [-0.1, -0.05) is 29.8 Å². The summed E-state index contributed by atoms with van der Waals surface area (Å²) in [4.78, 5) is 25.1. The van der Waals surface area contributed by atoms with E-state index in [1.54, 1.807) is 37.5 Å². The van der Waals surface area contributed by atoms with Gasteiger partial charge < -0.3 is 19.8 Å². The van der Waals surface area contributed by atoms with Gasteiger partial charge in [0.2, 0.25) is 0 Å². The number of para-hydroxylation sites is 1. The highest BCUT2D eigenvalue weighted by molar-refractivity contribution is 6.00. The summed E-state index contributed by atoms with van der Waals surface area (Å²) in [6.45, 7) is 5.89. The molecule has 1 heterocycles. The minimum absolute atomic E-state index is 0.352. The normalized spacial score (nSPS) is 11.6. The molecule has 0 spiro atoms. The highest BCUT2D eigenvalue weighted by Crippen LogP contribution is 2.20. The Morgan fingerprint density at radius 2 is 1.83 bits per heavy atom. The number of carbonyl (C=O) groups is 2. The lowest BCUT2D eigenvalue weighted by atomic mass is 10.1. The summed E-state index contributed by atoms with van der Waals surface area (Å²) in [5.74, 6) is -0.212. The zero-order chi connectivity index (χ0) is 20.8. The molecule has 29 heavy (non-hydrogen) atoms. The number of furan rings is 1. The third kappa shape index (κ3) is 5.25. The lowest BCUT2D eigenvalue weighted by Gasteiger charge is -2.16. The molecule has 6 nitrogen and oxygen atoms in total. The zero-order valence-corrected chi connectivity index (χ0v) is 16.7. The predicted molar refractivity (Wildman–Crippen MR) is 112 cm³/mol. The number of hydrogen-bond acceptors (Lipinski definition) is 5. The van der Waals surface area contributed by atoms with Crippen LogP contribution in [-0.4, -0.2) is 18.0 Å². The van der Waals surface area contributed by atoms with E-state index < -0.39 is 12.1 Å². The number of aryl methyl sites for hydroxylation is 2. The van der Waals surface area contributed by atoms with Gasteiger partial charge in [-0.05, 0) is 56.7 Å². The molecule has 2 aromatic carbocycles. The van der Waals surface area contributed by atoms with Crippen LogP contribution in [0.15, 0.2) is 65.3 Å². The highest BCUT2D eigenvalue weighted by Gasteiger charge is 2.21. The smallest absolute Gasteiger partial charge is 0.341 e. The number of ether oxygens (including phenoxy) is 1. The number of esters is 1. The number of hydrogen-bond donors (Lipinski definition) is 2. The van der Waals surface area contributed by atoms with Crippen LogP contribution in [0.25, 0.3) is 0 Å². The van der Waals surface area contributed by atoms with Crippen LogP contribution in [0.2, 0.25) is 0 Å². The topological polar surface area (TPSA) is 80.6 Å². The second-order valence-electron chi connectivity index (χ2n) is 6.83. The molecule has 0 aliphatic carbocycles. The molecule has 0 aliphatic heterocycles. The molecule has 0 unspecified atom stereocenters. The summed E-state index contributed by atoms with van der Waals surface area (Å²) in [5, 5.41) is 5.96. The third-order valence-corrected chi connectivity index (χ3v) is 4.47. The van der Waals surface area contributed by atoms with Crippen LogP contribution in [0.4, 0.5) is 11.4 Å². The molecule has 0 radical (unpaired) electrons. The first kappa shape index (κ1) is 20.2. The van der Waals surface area contributed by atoms with Gasteiger partial charge in [0, 0.05) is 11.4 Å². The van der Waals surface area contributed by atoms with Crippen LogP contribution < -0.4 is 10.6 Å². The van der Waals surface area contributed by atoms with Crippen LogP contribution >= 0.6 is 0 Å². The van der Waals surface area contributed by atoms with Gasteiger partial charge in [0.1, 0.15) is 5.76 Å². The van der Waals surface area contributed by atoms with E-state index >= 15 is 0 Å². The Morgan fingerprint density at radius 3 is 2.55 bits per heavy atom. The molecule has 0 saturated carbocycles. The molecule has 3 aromatic rings. The summed E-state index contributed by atoms with van der Waals surface area (Å²) < 4.78 is 10.7. The summed E-state index contributed by atoms with van der Waals surface area (Å²) >= 11 is 0. The Hall–Kier alpha value is -3.54. The van der Waals surface area contributed by atoms with Gasteiger partial charge in [-0.2, -0.15) is 0 Å². The average molecular weight is 392 g/mol. The van der Waals surface area contributed by atoms with E-state index in [9.17, 15) is 9.59 Å². The quantitative estimate of drug-likeness (QED) is 0.570. The largest absolute Gasteiger partial charge is 0.467 e. The molecular formula is C23H24N2O4. The third-order valence-electron chi connectivity index (χ3n) is 4.47. The standard InChI is InChI=1S/C23H24N2O4/c1-15-10-11-20(16(2)13-15)25-22(26)17(3)29-23(27)19-8-4-5-9-21(19)24-14-18-7-6-12-28-18/h4-13,17,24H,14H2,1-3H3,(H,25,26)/t17-/m1/s1. The fourth-order valence-electron chi connectivity index (χ4n) is 2.88.